The van der Waals surface area contributed by atoms with E-state index in [-0.39, 0.29) is 65.6 Å². The third kappa shape index (κ3) is 17.7. The first-order valence-electron chi connectivity index (χ1n) is 1.24. The summed E-state index contributed by atoms with van der Waals surface area (Å²) in [6.45, 7) is -0.305. The molecule has 0 aliphatic rings. The fourth-order valence-electron chi connectivity index (χ4n) is 0.0561. The molecule has 0 radical (unpaired) electrons. The molecule has 0 heterocycles. The van der Waals surface area contributed by atoms with Crippen LogP contribution in [0, 0.1) is 0 Å². The second kappa shape index (κ2) is 7.72. The van der Waals surface area contributed by atoms with E-state index in [1.165, 1.54) is 0 Å². The van der Waals surface area contributed by atoms with E-state index in [0.29, 0.717) is 0 Å². The van der Waals surface area contributed by atoms with E-state index in [1.807, 2.05) is 0 Å². The van der Waals surface area contributed by atoms with Gasteiger partial charge in [0.2, 0.25) is 0 Å². The molecule has 5 nitrogen and oxygen atoms in total. The van der Waals surface area contributed by atoms with Gasteiger partial charge in [-0.1, -0.05) is 0 Å². The molecule has 0 bridgehead atoms. The summed E-state index contributed by atoms with van der Waals surface area (Å²) in [6.07, 6.45) is 0. The van der Waals surface area contributed by atoms with Gasteiger partial charge in [-0.3, -0.25) is 14.6 Å². The average Bonchev–Trinajstić information content (AvgIpc) is 1.30. The van der Waals surface area contributed by atoms with Crippen LogP contribution in [0.4, 0.5) is 0 Å². The summed E-state index contributed by atoms with van der Waals surface area (Å²) in [5.74, 6) is 0. The van der Waals surface area contributed by atoms with Gasteiger partial charge in [-0.15, -0.1) is 0 Å². The van der Waals surface area contributed by atoms with Crippen LogP contribution < -0.4 is 0 Å². The van der Waals surface area contributed by atoms with E-state index in [0.717, 1.165) is 0 Å². The molecule has 0 saturated carbocycles. The van der Waals surface area contributed by atoms with Crippen molar-refractivity contribution in [3.63, 3.8) is 0 Å². The van der Waals surface area contributed by atoms with Crippen LogP contribution in [0.5, 0.6) is 0 Å². The Balaban J connectivity index is -0.000000180. The molecule has 0 unspecified atom stereocenters. The van der Waals surface area contributed by atoms with Crippen molar-refractivity contribution in [2.24, 2.45) is 0 Å². The van der Waals surface area contributed by atoms with Crippen molar-refractivity contribution < 1.29 is 23.7 Å². The predicted octanol–water partition coefficient (Wildman–Crippen LogP) is -2.04. The van der Waals surface area contributed by atoms with Gasteiger partial charge in [0.1, 0.15) is 0 Å². The number of phosphoric acid groups is 1. The molecule has 0 aliphatic carbocycles. The number of hydrogen-bond donors (Lipinski definition) is 2. The molecule has 46 valence electrons. The van der Waals surface area contributed by atoms with E-state index in [9.17, 15) is 4.57 Å². The first-order chi connectivity index (χ1) is 3.06. The summed E-state index contributed by atoms with van der Waals surface area (Å²) in [7, 11) is -4.53. The number of hydrogen-bond acceptors (Lipinski definition) is 3. The number of carbonyl (C=O) groups is 1. The van der Waals surface area contributed by atoms with Crippen LogP contribution in [0.2, 0.25) is 0 Å². The zero-order valence-electron chi connectivity index (χ0n) is 3.14. The second-order valence-corrected chi connectivity index (χ2v) is 1.88. The molecule has 9 heavy (non-hydrogen) atoms. The fourth-order valence-corrected chi connectivity index (χ4v) is 0.168. The van der Waals surface area contributed by atoms with Crippen molar-refractivity contribution in [3.8, 4) is 0 Å². The monoisotopic (exact) mass is 174 g/mol. The molecule has 0 aromatic carbocycles. The Morgan fingerprint density at radius 2 is 1.67 bits per heavy atom. The van der Waals surface area contributed by atoms with Crippen molar-refractivity contribution in [1.29, 1.82) is 0 Å². The summed E-state index contributed by atoms with van der Waals surface area (Å²) >= 11 is 0. The van der Waals surface area contributed by atoms with Gasteiger partial charge in [-0.25, -0.2) is 4.57 Å². The number of rotatable bonds is 2. The van der Waals surface area contributed by atoms with Gasteiger partial charge in [0, 0.05) is 0 Å². The van der Waals surface area contributed by atoms with E-state index in [4.69, 9.17) is 14.6 Å². The summed E-state index contributed by atoms with van der Waals surface area (Å²) in [5.41, 5.74) is 0. The van der Waals surface area contributed by atoms with E-state index < -0.39 is 7.82 Å². The molecule has 0 fully saturated rings. The van der Waals surface area contributed by atoms with E-state index in [2.05, 4.69) is 4.52 Å². The second-order valence-electron chi connectivity index (χ2n) is 0.692. The Hall–Kier alpha value is 1.62. The molecule has 0 saturated heterocycles. The van der Waals surface area contributed by atoms with Gasteiger partial charge >= 0.3 is 73.4 Å². The van der Waals surface area contributed by atoms with Crippen molar-refractivity contribution in [1.82, 2.24) is 0 Å². The van der Waals surface area contributed by atoms with Gasteiger partial charge < -0.3 is 4.52 Å². The quantitative estimate of drug-likeness (QED) is 0.286. The Labute approximate surface area is 96.0 Å². The Morgan fingerprint density at radius 3 is 1.67 bits per heavy atom. The molecule has 0 aromatic rings. The maximum absolute atomic E-state index is 9.47. The molecule has 8 heteroatoms. The molecule has 0 aromatic heterocycles. The predicted molar refractivity (Wildman–Crippen MR) is 33.5 cm³/mol. The summed E-state index contributed by atoms with van der Waals surface area (Å²) in [4.78, 5) is 24.5. The topological polar surface area (TPSA) is 83.8 Å². The van der Waals surface area contributed by atoms with Crippen LogP contribution in [0.3, 0.4) is 0 Å². The standard InChI is InChI=1S/CH3O5P.2Na.2H/c2-1-6-7(3,4)5;;;;/h1H,(H2,3,4,5);;;;. The molecular formula is CH5Na2O5P. The normalized spacial score (nSPS) is 8.22. The van der Waals surface area contributed by atoms with Crippen molar-refractivity contribution >= 4 is 73.4 Å². The third-order valence-electron chi connectivity index (χ3n) is 0.180. The Morgan fingerprint density at radius 1 is 1.33 bits per heavy atom. The van der Waals surface area contributed by atoms with Crippen molar-refractivity contribution in [2.75, 3.05) is 0 Å². The van der Waals surface area contributed by atoms with Crippen LogP contribution in [-0.4, -0.2) is 75.4 Å². The first-order valence-corrected chi connectivity index (χ1v) is 2.77. The van der Waals surface area contributed by atoms with Gasteiger partial charge in [-0.05, 0) is 0 Å². The fraction of sp³-hybridized carbons (Fsp3) is 0. The van der Waals surface area contributed by atoms with Gasteiger partial charge in [-0.2, -0.15) is 0 Å². The molecule has 2 N–H and O–H groups in total. The van der Waals surface area contributed by atoms with Crippen molar-refractivity contribution in [2.45, 2.75) is 0 Å². The molecule has 0 amide bonds. The Bertz CT molecular complexity index is 108. The average molecular weight is 174 g/mol. The summed E-state index contributed by atoms with van der Waals surface area (Å²) in [6, 6.07) is 0. The van der Waals surface area contributed by atoms with Gasteiger partial charge in [0.15, 0.2) is 0 Å². The van der Waals surface area contributed by atoms with Crippen LogP contribution in [0.1, 0.15) is 0 Å². The minimum atomic E-state index is -4.53. The summed E-state index contributed by atoms with van der Waals surface area (Å²) in [5, 5.41) is 0. The van der Waals surface area contributed by atoms with Gasteiger partial charge in [0.05, 0.1) is 0 Å². The van der Waals surface area contributed by atoms with E-state index >= 15 is 0 Å². The SMILES string of the molecule is O=COP(=O)(O)O.[NaH].[NaH]. The first kappa shape index (κ1) is 16.9. The number of phosphoric ester groups is 1. The van der Waals surface area contributed by atoms with E-state index in [1.54, 1.807) is 0 Å². The molecule has 0 rings (SSSR count). The summed E-state index contributed by atoms with van der Waals surface area (Å²) < 4.78 is 12.7. The molecule has 0 spiro atoms. The zero-order valence-corrected chi connectivity index (χ0v) is 4.04. The molecule has 0 aliphatic heterocycles. The van der Waals surface area contributed by atoms with Crippen LogP contribution in [-0.2, 0) is 13.9 Å². The van der Waals surface area contributed by atoms with Gasteiger partial charge in [0.25, 0.3) is 0 Å². The minimum absolute atomic E-state index is 0. The van der Waals surface area contributed by atoms with Crippen LogP contribution in [0.25, 0.3) is 0 Å². The van der Waals surface area contributed by atoms with Crippen molar-refractivity contribution in [3.05, 3.63) is 0 Å². The Kier molecular flexibility index (Phi) is 14.5. The van der Waals surface area contributed by atoms with Crippen LogP contribution >= 0.6 is 7.82 Å². The molecular weight excluding hydrogens is 169 g/mol. The maximum atomic E-state index is 9.47. The van der Waals surface area contributed by atoms with Crippen LogP contribution in [0.15, 0.2) is 0 Å². The molecule has 0 atom stereocenters. The third-order valence-corrected chi connectivity index (χ3v) is 0.541. The zero-order chi connectivity index (χ0) is 5.91. The number of carbonyl (C=O) groups excluding carboxylic acids is 1.